The molecule has 0 aliphatic heterocycles. The average molecular weight is 367 g/mol. The molecule has 0 amide bonds. The minimum atomic E-state index is 0.493. The van der Waals surface area contributed by atoms with E-state index >= 15 is 0 Å². The predicted octanol–water partition coefficient (Wildman–Crippen LogP) is 5.90. The summed E-state index contributed by atoms with van der Waals surface area (Å²) in [4.78, 5) is 9.58. The third-order valence-electron chi connectivity index (χ3n) is 4.03. The van der Waals surface area contributed by atoms with Gasteiger partial charge < -0.3 is 4.74 Å². The van der Waals surface area contributed by atoms with Gasteiger partial charge in [0.2, 0.25) is 0 Å². The van der Waals surface area contributed by atoms with Crippen LogP contribution in [0.25, 0.3) is 20.7 Å². The highest BCUT2D eigenvalue weighted by Crippen LogP contribution is 2.42. The van der Waals surface area contributed by atoms with Crippen LogP contribution in [-0.4, -0.2) is 9.97 Å². The van der Waals surface area contributed by atoms with Gasteiger partial charge in [-0.3, -0.25) is 0 Å². The van der Waals surface area contributed by atoms with Gasteiger partial charge in [-0.25, -0.2) is 9.97 Å². The molecule has 0 atom stereocenters. The zero-order chi connectivity index (χ0) is 17.2. The van der Waals surface area contributed by atoms with E-state index in [2.05, 4.69) is 35.1 Å². The summed E-state index contributed by atoms with van der Waals surface area (Å²) in [6.45, 7) is 2.59. The highest BCUT2D eigenvalue weighted by Gasteiger charge is 2.17. The minimum absolute atomic E-state index is 0.493. The lowest BCUT2D eigenvalue weighted by molar-refractivity contribution is 0.307. The molecule has 2 aromatic heterocycles. The van der Waals surface area contributed by atoms with E-state index in [1.807, 2.05) is 36.4 Å². The second-order valence-electron chi connectivity index (χ2n) is 5.67. The van der Waals surface area contributed by atoms with Crippen LogP contribution in [0.1, 0.15) is 11.1 Å². The van der Waals surface area contributed by atoms with E-state index in [-0.39, 0.29) is 0 Å². The number of thiophene rings is 1. The Labute approximate surface area is 154 Å². The molecule has 0 unspecified atom stereocenters. The summed E-state index contributed by atoms with van der Waals surface area (Å²) < 4.78 is 7.01. The lowest BCUT2D eigenvalue weighted by Crippen LogP contribution is -1.96. The Hall–Kier alpha value is -2.43. The number of aromatic nitrogens is 2. The molecule has 2 aromatic carbocycles. The van der Waals surface area contributed by atoms with Crippen LogP contribution in [0.5, 0.6) is 5.75 Å². The summed E-state index contributed by atoms with van der Waals surface area (Å²) in [6.07, 6.45) is 1.51. The predicted molar refractivity (Wildman–Crippen MR) is 103 cm³/mol. The van der Waals surface area contributed by atoms with Crippen molar-refractivity contribution in [3.05, 3.63) is 77.2 Å². The highest BCUT2D eigenvalue weighted by molar-refractivity contribution is 7.23. The number of benzene rings is 2. The van der Waals surface area contributed by atoms with Crippen LogP contribution in [-0.2, 0) is 6.61 Å². The van der Waals surface area contributed by atoms with Crippen molar-refractivity contribution in [2.75, 3.05) is 0 Å². The quantitative estimate of drug-likeness (QED) is 0.422. The molecule has 0 N–H and O–H groups in total. The lowest BCUT2D eigenvalue weighted by atomic mass is 10.1. The SMILES string of the molecule is Cc1c(-c2ccccc2OCc2ccccc2)sc2c(Cl)ncnc12. The molecule has 0 aliphatic rings. The molecular formula is C20H15ClN2OS. The van der Waals surface area contributed by atoms with Gasteiger partial charge in [0.1, 0.15) is 23.8 Å². The van der Waals surface area contributed by atoms with Gasteiger partial charge in [-0.1, -0.05) is 54.1 Å². The van der Waals surface area contributed by atoms with Gasteiger partial charge >= 0.3 is 0 Å². The van der Waals surface area contributed by atoms with Crippen LogP contribution in [0, 0.1) is 6.92 Å². The Morgan fingerprint density at radius 2 is 1.76 bits per heavy atom. The first-order chi connectivity index (χ1) is 12.2. The van der Waals surface area contributed by atoms with Gasteiger partial charge in [0.05, 0.1) is 10.2 Å². The van der Waals surface area contributed by atoms with Crippen molar-refractivity contribution in [2.45, 2.75) is 13.5 Å². The molecular weight excluding hydrogens is 352 g/mol. The number of hydrogen-bond donors (Lipinski definition) is 0. The summed E-state index contributed by atoms with van der Waals surface area (Å²) in [5, 5.41) is 0.493. The number of ether oxygens (including phenoxy) is 1. The normalized spacial score (nSPS) is 11.0. The number of halogens is 1. The Kier molecular flexibility index (Phi) is 4.38. The van der Waals surface area contributed by atoms with Crippen molar-refractivity contribution >= 4 is 33.2 Å². The largest absolute Gasteiger partial charge is 0.488 e. The molecule has 0 saturated carbocycles. The van der Waals surface area contributed by atoms with Crippen LogP contribution in [0.2, 0.25) is 5.15 Å². The first-order valence-corrected chi connectivity index (χ1v) is 9.09. The van der Waals surface area contributed by atoms with E-state index in [9.17, 15) is 0 Å². The van der Waals surface area contributed by atoms with E-state index in [1.165, 1.54) is 6.33 Å². The van der Waals surface area contributed by atoms with Crippen molar-refractivity contribution in [3.8, 4) is 16.2 Å². The van der Waals surface area contributed by atoms with Crippen molar-refractivity contribution in [2.24, 2.45) is 0 Å². The van der Waals surface area contributed by atoms with Crippen molar-refractivity contribution < 1.29 is 4.74 Å². The summed E-state index contributed by atoms with van der Waals surface area (Å²) in [7, 11) is 0. The maximum absolute atomic E-state index is 6.24. The van der Waals surface area contributed by atoms with Crippen molar-refractivity contribution in [1.29, 1.82) is 0 Å². The van der Waals surface area contributed by atoms with E-state index in [0.717, 1.165) is 37.5 Å². The summed E-state index contributed by atoms with van der Waals surface area (Å²) in [6, 6.07) is 18.2. The van der Waals surface area contributed by atoms with Crippen LogP contribution < -0.4 is 4.74 Å². The summed E-state index contributed by atoms with van der Waals surface area (Å²) >= 11 is 7.84. The van der Waals surface area contributed by atoms with E-state index in [4.69, 9.17) is 16.3 Å². The highest BCUT2D eigenvalue weighted by atomic mass is 35.5. The first-order valence-electron chi connectivity index (χ1n) is 7.90. The minimum Gasteiger partial charge on any atom is -0.488 e. The van der Waals surface area contributed by atoms with Gasteiger partial charge in [-0.15, -0.1) is 11.3 Å². The molecule has 0 aliphatic carbocycles. The Balaban J connectivity index is 1.74. The zero-order valence-corrected chi connectivity index (χ0v) is 15.1. The fourth-order valence-electron chi connectivity index (χ4n) is 2.77. The fourth-order valence-corrected chi connectivity index (χ4v) is 4.19. The molecule has 4 rings (SSSR count). The molecule has 3 nitrogen and oxygen atoms in total. The second-order valence-corrected chi connectivity index (χ2v) is 7.05. The summed E-state index contributed by atoms with van der Waals surface area (Å²) in [5.41, 5.74) is 4.19. The van der Waals surface area contributed by atoms with Gasteiger partial charge in [-0.2, -0.15) is 0 Å². The Morgan fingerprint density at radius 1 is 1.00 bits per heavy atom. The number of hydrogen-bond acceptors (Lipinski definition) is 4. The van der Waals surface area contributed by atoms with Crippen LogP contribution in [0.3, 0.4) is 0 Å². The first kappa shape index (κ1) is 16.1. The molecule has 5 heteroatoms. The molecule has 2 heterocycles. The number of nitrogens with zero attached hydrogens (tertiary/aromatic N) is 2. The topological polar surface area (TPSA) is 35.0 Å². The third-order valence-corrected chi connectivity index (χ3v) is 5.75. The molecule has 0 saturated heterocycles. The monoisotopic (exact) mass is 366 g/mol. The maximum Gasteiger partial charge on any atom is 0.150 e. The van der Waals surface area contributed by atoms with Crippen LogP contribution in [0.4, 0.5) is 0 Å². The van der Waals surface area contributed by atoms with Crippen molar-refractivity contribution in [1.82, 2.24) is 9.97 Å². The smallest absolute Gasteiger partial charge is 0.150 e. The molecule has 0 fully saturated rings. The zero-order valence-electron chi connectivity index (χ0n) is 13.6. The third kappa shape index (κ3) is 3.11. The van der Waals surface area contributed by atoms with Gasteiger partial charge in [0.25, 0.3) is 0 Å². The van der Waals surface area contributed by atoms with E-state index < -0.39 is 0 Å². The number of para-hydroxylation sites is 1. The molecule has 124 valence electrons. The standard InChI is InChI=1S/C20H15ClN2OS/c1-13-17-19(20(21)23-12-22-17)25-18(13)15-9-5-6-10-16(15)24-11-14-7-3-2-4-8-14/h2-10,12H,11H2,1H3. The summed E-state index contributed by atoms with van der Waals surface area (Å²) in [5.74, 6) is 0.852. The van der Waals surface area contributed by atoms with Gasteiger partial charge in [-0.05, 0) is 30.2 Å². The lowest BCUT2D eigenvalue weighted by Gasteiger charge is -2.11. The maximum atomic E-state index is 6.24. The molecule has 0 spiro atoms. The molecule has 0 bridgehead atoms. The number of fused-ring (bicyclic) bond motifs is 1. The van der Waals surface area contributed by atoms with E-state index in [1.54, 1.807) is 11.3 Å². The van der Waals surface area contributed by atoms with E-state index in [0.29, 0.717) is 11.8 Å². The fraction of sp³-hybridized carbons (Fsp3) is 0.100. The Bertz CT molecular complexity index is 1030. The Morgan fingerprint density at radius 3 is 2.56 bits per heavy atom. The van der Waals surface area contributed by atoms with Gasteiger partial charge in [0, 0.05) is 10.4 Å². The molecule has 4 aromatic rings. The average Bonchev–Trinajstić information content (AvgIpc) is 2.99. The van der Waals surface area contributed by atoms with Crippen molar-refractivity contribution in [3.63, 3.8) is 0 Å². The number of rotatable bonds is 4. The molecule has 0 radical (unpaired) electrons. The van der Waals surface area contributed by atoms with Gasteiger partial charge in [0.15, 0.2) is 0 Å². The van der Waals surface area contributed by atoms with Crippen LogP contribution >= 0.6 is 22.9 Å². The van der Waals surface area contributed by atoms with Crippen LogP contribution in [0.15, 0.2) is 60.9 Å². The number of aryl methyl sites for hydroxylation is 1. The molecule has 25 heavy (non-hydrogen) atoms. The second kappa shape index (κ2) is 6.82.